The monoisotopic (exact) mass is 442 g/mol. The number of hydrogen-bond donors (Lipinski definition) is 2. The third kappa shape index (κ3) is 6.52. The van der Waals surface area contributed by atoms with Gasteiger partial charge < -0.3 is 15.1 Å². The summed E-state index contributed by atoms with van der Waals surface area (Å²) in [4.78, 5) is 6.41. The van der Waals surface area contributed by atoms with E-state index in [4.69, 9.17) is 4.42 Å². The number of hydrogen-bond acceptors (Lipinski definition) is 3. The highest BCUT2D eigenvalue weighted by molar-refractivity contribution is 14.0. The van der Waals surface area contributed by atoms with Gasteiger partial charge in [0.05, 0.1) is 12.3 Å². The summed E-state index contributed by atoms with van der Waals surface area (Å²) in [6.45, 7) is 1.57. The largest absolute Gasteiger partial charge is 0.468 e. The van der Waals surface area contributed by atoms with Gasteiger partial charge in [0.1, 0.15) is 5.76 Å². The number of likely N-dealkylation sites (N-methyl/N-ethyl adjacent to an activating group) is 1. The molecule has 2 N–H and O–H groups in total. The van der Waals surface area contributed by atoms with Crippen LogP contribution in [0.25, 0.3) is 0 Å². The summed E-state index contributed by atoms with van der Waals surface area (Å²) in [6.07, 6.45) is 2.68. The highest BCUT2D eigenvalue weighted by Crippen LogP contribution is 2.17. The Hall–Kier alpha value is -1.54. The van der Waals surface area contributed by atoms with E-state index in [-0.39, 0.29) is 30.0 Å². The Morgan fingerprint density at radius 3 is 2.46 bits per heavy atom. The highest BCUT2D eigenvalue weighted by atomic mass is 127. The molecule has 0 radical (unpaired) electrons. The second-order valence-electron chi connectivity index (χ2n) is 5.61. The second-order valence-corrected chi connectivity index (χ2v) is 5.61. The second kappa shape index (κ2) is 11.1. The van der Waals surface area contributed by atoms with Crippen LogP contribution in [0.3, 0.4) is 0 Å². The summed E-state index contributed by atoms with van der Waals surface area (Å²) in [5, 5.41) is 6.71. The zero-order valence-corrected chi connectivity index (χ0v) is 16.9. The van der Waals surface area contributed by atoms with Crippen LogP contribution in [-0.2, 0) is 6.42 Å². The molecule has 0 saturated heterocycles. The average Bonchev–Trinajstić information content (AvgIpc) is 3.08. The molecule has 24 heavy (non-hydrogen) atoms. The number of guanidine groups is 1. The van der Waals surface area contributed by atoms with E-state index in [1.807, 2.05) is 32.3 Å². The molecule has 0 bridgehead atoms. The highest BCUT2D eigenvalue weighted by Gasteiger charge is 2.17. The van der Waals surface area contributed by atoms with Crippen molar-refractivity contribution >= 4 is 29.9 Å². The minimum absolute atomic E-state index is 0. The first kappa shape index (κ1) is 20.5. The Kier molecular flexibility index (Phi) is 9.48. The number of nitrogens with zero attached hydrogens (tertiary/aromatic N) is 2. The number of furan rings is 1. The number of nitrogens with one attached hydrogen (secondary N) is 2. The Morgan fingerprint density at radius 1 is 1.12 bits per heavy atom. The summed E-state index contributed by atoms with van der Waals surface area (Å²) in [5.41, 5.74) is 1.32. The van der Waals surface area contributed by atoms with Crippen molar-refractivity contribution in [3.05, 3.63) is 60.1 Å². The Morgan fingerprint density at radius 2 is 1.88 bits per heavy atom. The van der Waals surface area contributed by atoms with Gasteiger partial charge in [-0.1, -0.05) is 30.3 Å². The number of rotatable bonds is 7. The van der Waals surface area contributed by atoms with Gasteiger partial charge in [0, 0.05) is 20.1 Å². The van der Waals surface area contributed by atoms with E-state index in [0.717, 1.165) is 31.2 Å². The van der Waals surface area contributed by atoms with Gasteiger partial charge in [-0.25, -0.2) is 0 Å². The summed E-state index contributed by atoms with van der Waals surface area (Å²) >= 11 is 0. The van der Waals surface area contributed by atoms with Crippen molar-refractivity contribution in [2.45, 2.75) is 12.5 Å². The van der Waals surface area contributed by atoms with Crippen LogP contribution in [0.15, 0.2) is 58.1 Å². The average molecular weight is 442 g/mol. The number of halogens is 1. The van der Waals surface area contributed by atoms with Crippen LogP contribution in [0, 0.1) is 0 Å². The summed E-state index contributed by atoms with van der Waals surface area (Å²) in [5.74, 6) is 1.75. The lowest BCUT2D eigenvalue weighted by atomic mass is 10.1. The lowest BCUT2D eigenvalue weighted by molar-refractivity contribution is 0.258. The normalized spacial score (nSPS) is 12.6. The van der Waals surface area contributed by atoms with Crippen molar-refractivity contribution in [2.75, 3.05) is 34.2 Å². The molecule has 1 aromatic carbocycles. The molecule has 0 fully saturated rings. The zero-order valence-electron chi connectivity index (χ0n) is 14.5. The first-order valence-corrected chi connectivity index (χ1v) is 7.89. The van der Waals surface area contributed by atoms with Gasteiger partial charge in [-0.05, 0) is 38.2 Å². The molecule has 6 heteroatoms. The molecule has 0 aliphatic rings. The van der Waals surface area contributed by atoms with Gasteiger partial charge >= 0.3 is 0 Å². The summed E-state index contributed by atoms with van der Waals surface area (Å²) in [6, 6.07) is 14.5. The maximum atomic E-state index is 5.52. The molecule has 1 heterocycles. The van der Waals surface area contributed by atoms with Gasteiger partial charge in [-0.3, -0.25) is 9.89 Å². The minimum atomic E-state index is 0. The molecule has 2 rings (SSSR count). The molecule has 0 aliphatic carbocycles. The minimum Gasteiger partial charge on any atom is -0.468 e. The van der Waals surface area contributed by atoms with Crippen LogP contribution in [0.5, 0.6) is 0 Å². The molecule has 1 aromatic heterocycles. The summed E-state index contributed by atoms with van der Waals surface area (Å²) < 4.78 is 5.52. The van der Waals surface area contributed by atoms with Crippen LogP contribution in [0.1, 0.15) is 17.4 Å². The Labute approximate surface area is 161 Å². The van der Waals surface area contributed by atoms with Crippen LogP contribution < -0.4 is 10.6 Å². The van der Waals surface area contributed by atoms with E-state index in [1.165, 1.54) is 5.56 Å². The van der Waals surface area contributed by atoms with Gasteiger partial charge in [0.2, 0.25) is 0 Å². The van der Waals surface area contributed by atoms with Gasteiger partial charge in [0.15, 0.2) is 5.96 Å². The summed E-state index contributed by atoms with van der Waals surface area (Å²) in [7, 11) is 5.87. The Bertz CT molecular complexity index is 584. The van der Waals surface area contributed by atoms with E-state index in [2.05, 4.69) is 44.8 Å². The fraction of sp³-hybridized carbons (Fsp3) is 0.389. The fourth-order valence-electron chi connectivity index (χ4n) is 2.40. The molecule has 1 atom stereocenters. The lowest BCUT2D eigenvalue weighted by Crippen LogP contribution is -2.42. The van der Waals surface area contributed by atoms with E-state index < -0.39 is 0 Å². The van der Waals surface area contributed by atoms with E-state index in [0.29, 0.717) is 0 Å². The van der Waals surface area contributed by atoms with Crippen LogP contribution in [0.2, 0.25) is 0 Å². The predicted octanol–water partition coefficient (Wildman–Crippen LogP) is 2.91. The molecular formula is C18H27IN4O. The van der Waals surface area contributed by atoms with E-state index >= 15 is 0 Å². The van der Waals surface area contributed by atoms with Crippen molar-refractivity contribution in [1.82, 2.24) is 15.5 Å². The van der Waals surface area contributed by atoms with Crippen LogP contribution in [-0.4, -0.2) is 45.1 Å². The molecule has 0 spiro atoms. The quantitative estimate of drug-likeness (QED) is 0.394. The number of aliphatic imine (C=N–C) groups is 1. The van der Waals surface area contributed by atoms with Crippen molar-refractivity contribution in [3.63, 3.8) is 0 Å². The molecular weight excluding hydrogens is 415 g/mol. The SMILES string of the molecule is CN=C(NCCc1ccccc1)NCC(c1ccco1)N(C)C.I. The van der Waals surface area contributed by atoms with E-state index in [9.17, 15) is 0 Å². The van der Waals surface area contributed by atoms with Crippen LogP contribution in [0.4, 0.5) is 0 Å². The van der Waals surface area contributed by atoms with Crippen molar-refractivity contribution in [3.8, 4) is 0 Å². The van der Waals surface area contributed by atoms with Gasteiger partial charge in [-0.2, -0.15) is 0 Å². The van der Waals surface area contributed by atoms with Crippen molar-refractivity contribution in [1.29, 1.82) is 0 Å². The Balaban J connectivity index is 0.00000288. The maximum Gasteiger partial charge on any atom is 0.191 e. The van der Waals surface area contributed by atoms with E-state index in [1.54, 1.807) is 13.3 Å². The first-order chi connectivity index (χ1) is 11.2. The van der Waals surface area contributed by atoms with Gasteiger partial charge in [-0.15, -0.1) is 24.0 Å². The standard InChI is InChI=1S/C18H26N4O.HI/c1-19-18(20-12-11-15-8-5-4-6-9-15)21-14-16(22(2)3)17-10-7-13-23-17;/h4-10,13,16H,11-12,14H2,1-3H3,(H2,19,20,21);1H. The maximum absolute atomic E-state index is 5.52. The third-order valence-electron chi connectivity index (χ3n) is 3.73. The smallest absolute Gasteiger partial charge is 0.191 e. The number of benzene rings is 1. The fourth-order valence-corrected chi connectivity index (χ4v) is 2.40. The molecule has 0 aliphatic heterocycles. The molecule has 5 nitrogen and oxygen atoms in total. The van der Waals surface area contributed by atoms with Gasteiger partial charge in [0.25, 0.3) is 0 Å². The molecule has 0 saturated carbocycles. The molecule has 1 unspecified atom stereocenters. The zero-order chi connectivity index (χ0) is 16.5. The topological polar surface area (TPSA) is 52.8 Å². The predicted molar refractivity (Wildman–Crippen MR) is 110 cm³/mol. The van der Waals surface area contributed by atoms with Crippen molar-refractivity contribution < 1.29 is 4.42 Å². The first-order valence-electron chi connectivity index (χ1n) is 7.89. The third-order valence-corrected chi connectivity index (χ3v) is 3.73. The molecule has 2 aromatic rings. The van der Waals surface area contributed by atoms with Crippen LogP contribution >= 0.6 is 24.0 Å². The lowest BCUT2D eigenvalue weighted by Gasteiger charge is -2.23. The van der Waals surface area contributed by atoms with Crippen molar-refractivity contribution in [2.24, 2.45) is 4.99 Å². The molecule has 132 valence electrons. The molecule has 0 amide bonds.